The zero-order chi connectivity index (χ0) is 13.7. The van der Waals surface area contributed by atoms with E-state index in [1.54, 1.807) is 6.33 Å². The van der Waals surface area contributed by atoms with E-state index in [1.807, 2.05) is 4.68 Å². The number of morpholine rings is 1. The Labute approximate surface area is 115 Å². The number of nitrogens with one attached hydrogen (secondary N) is 1. The summed E-state index contributed by atoms with van der Waals surface area (Å²) in [6.45, 7) is 9.74. The lowest BCUT2D eigenvalue weighted by atomic mass is 10.2. The smallest absolute Gasteiger partial charge is 0.140 e. The Balaban J connectivity index is 1.74. The summed E-state index contributed by atoms with van der Waals surface area (Å²) in [5, 5.41) is 7.68. The van der Waals surface area contributed by atoms with Crippen LogP contribution >= 0.6 is 0 Å². The largest absolute Gasteiger partial charge is 0.374 e. The van der Waals surface area contributed by atoms with Gasteiger partial charge in [-0.15, -0.1) is 0 Å². The van der Waals surface area contributed by atoms with E-state index in [2.05, 4.69) is 41.2 Å². The van der Waals surface area contributed by atoms with E-state index >= 15 is 0 Å². The molecule has 0 aliphatic carbocycles. The van der Waals surface area contributed by atoms with E-state index < -0.39 is 0 Å². The lowest BCUT2D eigenvalue weighted by Gasteiger charge is -2.30. The van der Waals surface area contributed by atoms with Crippen LogP contribution in [0.3, 0.4) is 0 Å². The van der Waals surface area contributed by atoms with Crippen LogP contribution in [0.5, 0.6) is 0 Å². The number of nitrogens with zero attached hydrogens (tertiary/aromatic N) is 4. The molecule has 19 heavy (non-hydrogen) atoms. The minimum absolute atomic E-state index is 0.278. The van der Waals surface area contributed by atoms with Gasteiger partial charge in [0.15, 0.2) is 0 Å². The summed E-state index contributed by atoms with van der Waals surface area (Å²) >= 11 is 0. The van der Waals surface area contributed by atoms with Crippen LogP contribution in [0.1, 0.15) is 19.7 Å². The highest BCUT2D eigenvalue weighted by molar-refractivity contribution is 4.84. The Hall–Kier alpha value is -0.980. The van der Waals surface area contributed by atoms with Gasteiger partial charge in [0.1, 0.15) is 12.2 Å². The molecule has 1 atom stereocenters. The highest BCUT2D eigenvalue weighted by Crippen LogP contribution is 2.03. The summed E-state index contributed by atoms with van der Waals surface area (Å²) in [5.74, 6) is 1.58. The number of ether oxygens (including phenoxy) is 1. The molecule has 0 radical (unpaired) electrons. The number of aromatic nitrogens is 3. The number of hydrogen-bond donors (Lipinski definition) is 1. The highest BCUT2D eigenvalue weighted by Gasteiger charge is 2.17. The van der Waals surface area contributed by atoms with Crippen molar-refractivity contribution in [3.05, 3.63) is 12.2 Å². The molecule has 2 heterocycles. The molecule has 6 heteroatoms. The van der Waals surface area contributed by atoms with Crippen molar-refractivity contribution in [2.24, 2.45) is 5.92 Å². The highest BCUT2D eigenvalue weighted by atomic mass is 16.5. The first kappa shape index (κ1) is 14.4. The molecule has 1 unspecified atom stereocenters. The second kappa shape index (κ2) is 6.98. The number of rotatable bonds is 6. The molecule has 1 aliphatic rings. The summed E-state index contributed by atoms with van der Waals surface area (Å²) in [5.41, 5.74) is 0. The standard InChI is InChI=1S/C13H25N5O/c1-11(2)8-18-13(15-10-16-18)7-14-6-12-9-17(3)4-5-19-12/h10-12,14H,4-9H2,1-3H3. The van der Waals surface area contributed by atoms with Crippen LogP contribution < -0.4 is 5.32 Å². The van der Waals surface area contributed by atoms with Crippen molar-refractivity contribution in [2.75, 3.05) is 33.3 Å². The number of likely N-dealkylation sites (N-methyl/N-ethyl adjacent to an activating group) is 1. The van der Waals surface area contributed by atoms with E-state index in [9.17, 15) is 0 Å². The molecule has 1 aromatic rings. The fraction of sp³-hybridized carbons (Fsp3) is 0.846. The maximum Gasteiger partial charge on any atom is 0.140 e. The second-order valence-electron chi connectivity index (χ2n) is 5.64. The van der Waals surface area contributed by atoms with Crippen molar-refractivity contribution in [1.82, 2.24) is 25.0 Å². The molecule has 1 N–H and O–H groups in total. The first-order valence-corrected chi connectivity index (χ1v) is 7.02. The minimum atomic E-state index is 0.278. The van der Waals surface area contributed by atoms with Crippen LogP contribution in [0.2, 0.25) is 0 Å². The predicted octanol–water partition coefficient (Wildman–Crippen LogP) is 0.354. The van der Waals surface area contributed by atoms with Gasteiger partial charge in [-0.05, 0) is 13.0 Å². The van der Waals surface area contributed by atoms with Gasteiger partial charge >= 0.3 is 0 Å². The third-order valence-corrected chi connectivity index (χ3v) is 3.23. The zero-order valence-electron chi connectivity index (χ0n) is 12.2. The minimum Gasteiger partial charge on any atom is -0.374 e. The van der Waals surface area contributed by atoms with Gasteiger partial charge in [-0.1, -0.05) is 13.8 Å². The normalized spacial score (nSPS) is 21.2. The van der Waals surface area contributed by atoms with Gasteiger partial charge in [0.2, 0.25) is 0 Å². The van der Waals surface area contributed by atoms with E-state index in [0.717, 1.165) is 45.2 Å². The summed E-state index contributed by atoms with van der Waals surface area (Å²) in [4.78, 5) is 6.61. The van der Waals surface area contributed by atoms with Gasteiger partial charge in [0, 0.05) is 26.2 Å². The first-order chi connectivity index (χ1) is 9.15. The van der Waals surface area contributed by atoms with Gasteiger partial charge in [0.05, 0.1) is 19.3 Å². The molecule has 108 valence electrons. The third kappa shape index (κ3) is 4.56. The van der Waals surface area contributed by atoms with Crippen molar-refractivity contribution in [2.45, 2.75) is 33.0 Å². The number of hydrogen-bond acceptors (Lipinski definition) is 5. The quantitative estimate of drug-likeness (QED) is 0.806. The lowest BCUT2D eigenvalue weighted by Crippen LogP contribution is -2.44. The Kier molecular flexibility index (Phi) is 5.30. The van der Waals surface area contributed by atoms with Crippen LogP contribution in [-0.2, 0) is 17.8 Å². The van der Waals surface area contributed by atoms with Crippen LogP contribution in [0.4, 0.5) is 0 Å². The predicted molar refractivity (Wildman–Crippen MR) is 73.8 cm³/mol. The fourth-order valence-corrected chi connectivity index (χ4v) is 2.26. The summed E-state index contributed by atoms with van der Waals surface area (Å²) < 4.78 is 7.69. The SMILES string of the molecule is CC(C)Cn1ncnc1CNCC1CN(C)CCO1. The molecule has 0 spiro atoms. The Morgan fingerprint density at radius 2 is 2.37 bits per heavy atom. The van der Waals surface area contributed by atoms with Gasteiger partial charge < -0.3 is 15.0 Å². The fourth-order valence-electron chi connectivity index (χ4n) is 2.26. The van der Waals surface area contributed by atoms with Gasteiger partial charge in [-0.2, -0.15) is 5.10 Å². The third-order valence-electron chi connectivity index (χ3n) is 3.23. The summed E-state index contributed by atoms with van der Waals surface area (Å²) in [6, 6.07) is 0. The van der Waals surface area contributed by atoms with Crippen LogP contribution in [0.15, 0.2) is 6.33 Å². The van der Waals surface area contributed by atoms with Gasteiger partial charge in [-0.3, -0.25) is 0 Å². The van der Waals surface area contributed by atoms with E-state index in [-0.39, 0.29) is 6.10 Å². The summed E-state index contributed by atoms with van der Waals surface area (Å²) in [6.07, 6.45) is 1.91. The van der Waals surface area contributed by atoms with Crippen molar-refractivity contribution in [3.8, 4) is 0 Å². The molecule has 2 rings (SSSR count). The van der Waals surface area contributed by atoms with Crippen molar-refractivity contribution in [3.63, 3.8) is 0 Å². The zero-order valence-corrected chi connectivity index (χ0v) is 12.2. The van der Waals surface area contributed by atoms with Crippen LogP contribution in [0, 0.1) is 5.92 Å². The van der Waals surface area contributed by atoms with Crippen molar-refractivity contribution < 1.29 is 4.74 Å². The molecule has 1 fully saturated rings. The van der Waals surface area contributed by atoms with E-state index in [0.29, 0.717) is 5.92 Å². The summed E-state index contributed by atoms with van der Waals surface area (Å²) in [7, 11) is 2.13. The average Bonchev–Trinajstić information content (AvgIpc) is 2.76. The Morgan fingerprint density at radius 1 is 1.53 bits per heavy atom. The van der Waals surface area contributed by atoms with E-state index in [4.69, 9.17) is 4.74 Å². The maximum atomic E-state index is 5.72. The van der Waals surface area contributed by atoms with Crippen LogP contribution in [-0.4, -0.2) is 59.1 Å². The molecule has 1 aromatic heterocycles. The molecule has 0 saturated carbocycles. The maximum absolute atomic E-state index is 5.72. The molecule has 0 bridgehead atoms. The first-order valence-electron chi connectivity index (χ1n) is 7.02. The lowest BCUT2D eigenvalue weighted by molar-refractivity contribution is -0.0183. The molecule has 6 nitrogen and oxygen atoms in total. The molecular weight excluding hydrogens is 242 g/mol. The van der Waals surface area contributed by atoms with Gasteiger partial charge in [-0.25, -0.2) is 9.67 Å². The Bertz CT molecular complexity index is 379. The molecule has 1 aliphatic heterocycles. The molecule has 0 aromatic carbocycles. The molecular formula is C13H25N5O. The topological polar surface area (TPSA) is 55.2 Å². The van der Waals surface area contributed by atoms with Crippen molar-refractivity contribution >= 4 is 0 Å². The van der Waals surface area contributed by atoms with Gasteiger partial charge in [0.25, 0.3) is 0 Å². The molecule has 1 saturated heterocycles. The monoisotopic (exact) mass is 267 g/mol. The average molecular weight is 267 g/mol. The van der Waals surface area contributed by atoms with Crippen LogP contribution in [0.25, 0.3) is 0 Å². The Morgan fingerprint density at radius 3 is 3.11 bits per heavy atom. The molecule has 0 amide bonds. The van der Waals surface area contributed by atoms with Crippen molar-refractivity contribution in [1.29, 1.82) is 0 Å². The van der Waals surface area contributed by atoms with E-state index in [1.165, 1.54) is 0 Å². The second-order valence-corrected chi connectivity index (χ2v) is 5.64.